The number of hydrogen-bond donors (Lipinski definition) is 1. The van der Waals surface area contributed by atoms with E-state index in [1.54, 1.807) is 0 Å². The molecule has 1 aliphatic heterocycles. The first-order chi connectivity index (χ1) is 4.88. The Kier molecular flexibility index (Phi) is 2.49. The molecule has 0 spiro atoms. The highest BCUT2D eigenvalue weighted by atomic mass is 14.9. The van der Waals surface area contributed by atoms with Gasteiger partial charge in [0.15, 0.2) is 0 Å². The van der Waals surface area contributed by atoms with Crippen LogP contribution in [0.1, 0.15) is 19.8 Å². The van der Waals surface area contributed by atoms with E-state index in [1.807, 2.05) is 7.05 Å². The van der Waals surface area contributed by atoms with Crippen molar-refractivity contribution in [2.45, 2.75) is 19.8 Å². The molecule has 0 aromatic carbocycles. The van der Waals surface area contributed by atoms with Gasteiger partial charge in [0.2, 0.25) is 0 Å². The minimum atomic E-state index is 1.05. The largest absolute Gasteiger partial charge is 0.383 e. The summed E-state index contributed by atoms with van der Waals surface area (Å²) >= 11 is 0. The molecule has 2 heteroatoms. The van der Waals surface area contributed by atoms with Gasteiger partial charge < -0.3 is 5.32 Å². The van der Waals surface area contributed by atoms with Crippen LogP contribution in [0.15, 0.2) is 16.8 Å². The smallest absolute Gasteiger partial charge is 0.0590 e. The van der Waals surface area contributed by atoms with Gasteiger partial charge >= 0.3 is 0 Å². The standard InChI is InChI=1S/C8H14N2/c1-3-4-8-7(9-2)5-6-10-8/h4,10H,3,5-6H2,1-2H3/b8-4+,9-7?. The molecule has 10 heavy (non-hydrogen) atoms. The Bertz CT molecular complexity index is 168. The zero-order valence-electron chi connectivity index (χ0n) is 6.65. The van der Waals surface area contributed by atoms with Crippen LogP contribution in [0.3, 0.4) is 0 Å². The second kappa shape index (κ2) is 3.40. The van der Waals surface area contributed by atoms with Crippen LogP contribution >= 0.6 is 0 Å². The van der Waals surface area contributed by atoms with Crippen LogP contribution in [-0.4, -0.2) is 19.3 Å². The van der Waals surface area contributed by atoms with Crippen LogP contribution in [-0.2, 0) is 0 Å². The summed E-state index contributed by atoms with van der Waals surface area (Å²) < 4.78 is 0. The Hall–Kier alpha value is -0.790. The first kappa shape index (κ1) is 7.32. The van der Waals surface area contributed by atoms with E-state index in [0.29, 0.717) is 0 Å². The van der Waals surface area contributed by atoms with Crippen LogP contribution < -0.4 is 5.32 Å². The summed E-state index contributed by atoms with van der Waals surface area (Å²) in [7, 11) is 1.85. The van der Waals surface area contributed by atoms with E-state index in [0.717, 1.165) is 19.4 Å². The van der Waals surface area contributed by atoms with E-state index >= 15 is 0 Å². The van der Waals surface area contributed by atoms with Crippen molar-refractivity contribution in [2.24, 2.45) is 4.99 Å². The van der Waals surface area contributed by atoms with Gasteiger partial charge in [0.25, 0.3) is 0 Å². The minimum absolute atomic E-state index is 1.05. The molecule has 1 fully saturated rings. The topological polar surface area (TPSA) is 24.4 Å². The van der Waals surface area contributed by atoms with E-state index in [9.17, 15) is 0 Å². The highest BCUT2D eigenvalue weighted by Gasteiger charge is 2.11. The molecule has 2 nitrogen and oxygen atoms in total. The zero-order valence-corrected chi connectivity index (χ0v) is 6.65. The molecule has 0 radical (unpaired) electrons. The Balaban J connectivity index is 2.68. The molecule has 1 rings (SSSR count). The minimum Gasteiger partial charge on any atom is -0.383 e. The maximum atomic E-state index is 4.17. The number of nitrogens with zero attached hydrogens (tertiary/aromatic N) is 1. The molecule has 0 aromatic rings. The summed E-state index contributed by atoms with van der Waals surface area (Å²) in [5.41, 5.74) is 2.46. The van der Waals surface area contributed by atoms with E-state index in [1.165, 1.54) is 11.4 Å². The van der Waals surface area contributed by atoms with Crippen molar-refractivity contribution < 1.29 is 0 Å². The van der Waals surface area contributed by atoms with Crippen molar-refractivity contribution >= 4 is 5.71 Å². The van der Waals surface area contributed by atoms with Gasteiger partial charge in [-0.15, -0.1) is 0 Å². The molecule has 1 aliphatic rings. The van der Waals surface area contributed by atoms with E-state index in [-0.39, 0.29) is 0 Å². The molecule has 1 saturated heterocycles. The number of rotatable bonds is 1. The summed E-state index contributed by atoms with van der Waals surface area (Å²) in [4.78, 5) is 4.17. The van der Waals surface area contributed by atoms with Gasteiger partial charge in [-0.05, 0) is 6.42 Å². The maximum absolute atomic E-state index is 4.17. The Labute approximate surface area is 62.0 Å². The third-order valence-electron chi connectivity index (χ3n) is 1.67. The third kappa shape index (κ3) is 1.38. The fraction of sp³-hybridized carbons (Fsp3) is 0.625. The lowest BCUT2D eigenvalue weighted by Gasteiger charge is -1.96. The summed E-state index contributed by atoms with van der Waals surface area (Å²) in [6.45, 7) is 3.19. The predicted octanol–water partition coefficient (Wildman–Crippen LogP) is 1.34. The molecule has 0 aliphatic carbocycles. The molecule has 56 valence electrons. The summed E-state index contributed by atoms with van der Waals surface area (Å²) in [5, 5.41) is 3.29. The highest BCUT2D eigenvalue weighted by Crippen LogP contribution is 2.06. The number of aliphatic imine (C=N–C) groups is 1. The van der Waals surface area contributed by atoms with Crippen molar-refractivity contribution in [2.75, 3.05) is 13.6 Å². The number of allylic oxidation sites excluding steroid dienone is 2. The summed E-state index contributed by atoms with van der Waals surface area (Å²) in [5.74, 6) is 0. The highest BCUT2D eigenvalue weighted by molar-refractivity contribution is 6.01. The summed E-state index contributed by atoms with van der Waals surface area (Å²) in [6, 6.07) is 0. The average molecular weight is 138 g/mol. The van der Waals surface area contributed by atoms with Crippen LogP contribution in [0.2, 0.25) is 0 Å². The van der Waals surface area contributed by atoms with Gasteiger partial charge in [0.05, 0.1) is 11.4 Å². The van der Waals surface area contributed by atoms with Crippen molar-refractivity contribution in [3.63, 3.8) is 0 Å². The SMILES string of the molecule is CC/C=C1/NCCC1=NC. The molecule has 1 N–H and O–H groups in total. The normalized spacial score (nSPS) is 25.8. The van der Waals surface area contributed by atoms with Crippen LogP contribution in [0, 0.1) is 0 Å². The van der Waals surface area contributed by atoms with E-state index in [4.69, 9.17) is 0 Å². The predicted molar refractivity (Wildman–Crippen MR) is 44.4 cm³/mol. The second-order valence-electron chi connectivity index (χ2n) is 2.37. The van der Waals surface area contributed by atoms with E-state index in [2.05, 4.69) is 23.3 Å². The van der Waals surface area contributed by atoms with Crippen molar-refractivity contribution in [3.8, 4) is 0 Å². The molecule has 0 bridgehead atoms. The van der Waals surface area contributed by atoms with Crippen molar-refractivity contribution in [3.05, 3.63) is 11.8 Å². The molecule has 0 amide bonds. The Morgan fingerprint density at radius 2 is 2.50 bits per heavy atom. The maximum Gasteiger partial charge on any atom is 0.0590 e. The fourth-order valence-electron chi connectivity index (χ4n) is 1.18. The van der Waals surface area contributed by atoms with E-state index < -0.39 is 0 Å². The Morgan fingerprint density at radius 1 is 1.70 bits per heavy atom. The van der Waals surface area contributed by atoms with Gasteiger partial charge in [0, 0.05) is 20.0 Å². The zero-order chi connectivity index (χ0) is 7.40. The lowest BCUT2D eigenvalue weighted by molar-refractivity contribution is 0.910. The monoisotopic (exact) mass is 138 g/mol. The van der Waals surface area contributed by atoms with Crippen molar-refractivity contribution in [1.29, 1.82) is 0 Å². The van der Waals surface area contributed by atoms with Gasteiger partial charge in [-0.3, -0.25) is 4.99 Å². The van der Waals surface area contributed by atoms with Gasteiger partial charge in [-0.25, -0.2) is 0 Å². The van der Waals surface area contributed by atoms with Crippen LogP contribution in [0.5, 0.6) is 0 Å². The second-order valence-corrected chi connectivity index (χ2v) is 2.37. The van der Waals surface area contributed by atoms with Crippen LogP contribution in [0.25, 0.3) is 0 Å². The molecule has 0 saturated carbocycles. The lowest BCUT2D eigenvalue weighted by Crippen LogP contribution is -2.06. The van der Waals surface area contributed by atoms with Gasteiger partial charge in [-0.1, -0.05) is 13.0 Å². The fourth-order valence-corrected chi connectivity index (χ4v) is 1.18. The molecule has 1 heterocycles. The van der Waals surface area contributed by atoms with Crippen molar-refractivity contribution in [1.82, 2.24) is 5.32 Å². The molecule has 0 aromatic heterocycles. The molecule has 0 atom stereocenters. The number of nitrogens with one attached hydrogen (secondary N) is 1. The molecular weight excluding hydrogens is 124 g/mol. The third-order valence-corrected chi connectivity index (χ3v) is 1.67. The lowest BCUT2D eigenvalue weighted by atomic mass is 10.2. The molecular formula is C8H14N2. The number of hydrogen-bond acceptors (Lipinski definition) is 2. The Morgan fingerprint density at radius 3 is 3.10 bits per heavy atom. The van der Waals surface area contributed by atoms with Gasteiger partial charge in [-0.2, -0.15) is 0 Å². The van der Waals surface area contributed by atoms with Crippen LogP contribution in [0.4, 0.5) is 0 Å². The van der Waals surface area contributed by atoms with Gasteiger partial charge in [0.1, 0.15) is 0 Å². The molecule has 0 unspecified atom stereocenters. The first-order valence-corrected chi connectivity index (χ1v) is 3.78. The quantitative estimate of drug-likeness (QED) is 0.581. The summed E-state index contributed by atoms with van der Waals surface area (Å²) in [6.07, 6.45) is 4.36. The first-order valence-electron chi connectivity index (χ1n) is 3.78. The average Bonchev–Trinajstić information content (AvgIpc) is 2.36.